The van der Waals surface area contributed by atoms with Gasteiger partial charge < -0.3 is 9.63 Å². The van der Waals surface area contributed by atoms with E-state index in [1.165, 1.54) is 23.0 Å². The summed E-state index contributed by atoms with van der Waals surface area (Å²) in [6, 6.07) is 6.25. The molecule has 0 N–H and O–H groups in total. The normalized spacial score (nSPS) is 10.4. The molecule has 0 amide bonds. The largest absolute Gasteiger partial charge is 0.539 e. The molecule has 0 spiro atoms. The van der Waals surface area contributed by atoms with Crippen molar-refractivity contribution in [3.8, 4) is 5.95 Å². The zero-order valence-corrected chi connectivity index (χ0v) is 8.78. The van der Waals surface area contributed by atoms with Crippen LogP contribution in [0, 0.1) is 10.1 Å². The van der Waals surface area contributed by atoms with Crippen molar-refractivity contribution in [3.05, 3.63) is 46.1 Å². The molecule has 17 heavy (non-hydrogen) atoms. The quantitative estimate of drug-likeness (QED) is 0.428. The Bertz CT molecular complexity index is 521. The van der Waals surface area contributed by atoms with Crippen LogP contribution < -0.4 is 9.79 Å². The number of hydrogen-bond donors (Lipinski definition) is 0. The Balaban J connectivity index is 1.97. The minimum absolute atomic E-state index is 0.0599. The third-order valence-corrected chi connectivity index (χ3v) is 2.27. The second kappa shape index (κ2) is 4.60. The minimum atomic E-state index is -0.492. The molecule has 7 nitrogen and oxygen atoms in total. The first-order valence-electron chi connectivity index (χ1n) is 4.92. The van der Waals surface area contributed by atoms with Crippen molar-refractivity contribution < 1.29 is 19.2 Å². The highest BCUT2D eigenvalue weighted by Crippen LogP contribution is 2.12. The van der Waals surface area contributed by atoms with Gasteiger partial charge in [-0.1, -0.05) is 16.8 Å². The number of aromatic nitrogens is 2. The highest BCUT2D eigenvalue weighted by atomic mass is 16.6. The monoisotopic (exact) mass is 235 g/mol. The molecule has 0 bridgehead atoms. The Labute approximate surface area is 96.0 Å². The third-order valence-electron chi connectivity index (χ3n) is 2.27. The van der Waals surface area contributed by atoms with E-state index >= 15 is 0 Å². The van der Waals surface area contributed by atoms with Crippen LogP contribution in [0.3, 0.4) is 0 Å². The first kappa shape index (κ1) is 11.1. The van der Waals surface area contributed by atoms with Gasteiger partial charge in [-0.2, -0.15) is 0 Å². The fourth-order valence-corrected chi connectivity index (χ4v) is 1.39. The smallest absolute Gasteiger partial charge is 0.269 e. The van der Waals surface area contributed by atoms with Gasteiger partial charge in [0.25, 0.3) is 5.69 Å². The van der Waals surface area contributed by atoms with Gasteiger partial charge in [0.2, 0.25) is 6.20 Å². The van der Waals surface area contributed by atoms with E-state index in [1.807, 2.05) is 0 Å². The standard InChI is InChI=1S/C10H9N3O4/c14-10-7-12(11-17-10)6-5-8-1-3-9(4-2-8)13(15)16/h1-4,7H,5-6H2. The van der Waals surface area contributed by atoms with Crippen LogP contribution in [0.15, 0.2) is 35.0 Å². The topological polar surface area (TPSA) is 96.1 Å². The summed E-state index contributed by atoms with van der Waals surface area (Å²) in [6.07, 6.45) is 1.88. The van der Waals surface area contributed by atoms with Gasteiger partial charge in [-0.05, 0) is 5.56 Å². The van der Waals surface area contributed by atoms with Gasteiger partial charge in [-0.25, -0.2) is 0 Å². The highest BCUT2D eigenvalue weighted by molar-refractivity contribution is 5.32. The second-order valence-electron chi connectivity index (χ2n) is 3.46. The third kappa shape index (κ3) is 2.77. The Kier molecular flexibility index (Phi) is 2.99. The van der Waals surface area contributed by atoms with E-state index in [9.17, 15) is 15.2 Å². The van der Waals surface area contributed by atoms with Crippen molar-refractivity contribution in [3.63, 3.8) is 0 Å². The van der Waals surface area contributed by atoms with Gasteiger partial charge in [-0.3, -0.25) is 10.1 Å². The van der Waals surface area contributed by atoms with Gasteiger partial charge >= 0.3 is 0 Å². The number of aryl methyl sites for hydroxylation is 2. The van der Waals surface area contributed by atoms with Crippen molar-refractivity contribution >= 4 is 5.69 Å². The SMILES string of the molecule is O=[N+]([O-])c1ccc(CC[n+]2cc([O-])on2)cc1. The van der Waals surface area contributed by atoms with Crippen molar-refractivity contribution in [2.24, 2.45) is 0 Å². The van der Waals surface area contributed by atoms with Gasteiger partial charge in [0.15, 0.2) is 6.54 Å². The summed E-state index contributed by atoms with van der Waals surface area (Å²) < 4.78 is 5.76. The summed E-state index contributed by atoms with van der Waals surface area (Å²) in [7, 11) is 0. The van der Waals surface area contributed by atoms with E-state index in [2.05, 4.69) is 9.79 Å². The lowest BCUT2D eigenvalue weighted by atomic mass is 10.1. The van der Waals surface area contributed by atoms with E-state index in [-0.39, 0.29) is 5.69 Å². The van der Waals surface area contributed by atoms with Gasteiger partial charge in [0.05, 0.1) is 10.2 Å². The molecule has 0 unspecified atom stereocenters. The van der Waals surface area contributed by atoms with Crippen LogP contribution in [0.1, 0.15) is 5.56 Å². The van der Waals surface area contributed by atoms with E-state index < -0.39 is 10.9 Å². The van der Waals surface area contributed by atoms with Crippen LogP contribution in [0.2, 0.25) is 0 Å². The average Bonchev–Trinajstić information content (AvgIpc) is 2.73. The lowest BCUT2D eigenvalue weighted by Gasteiger charge is -1.96. The second-order valence-corrected chi connectivity index (χ2v) is 3.46. The number of nitrogens with zero attached hydrogens (tertiary/aromatic N) is 3. The molecular weight excluding hydrogens is 226 g/mol. The van der Waals surface area contributed by atoms with Crippen LogP contribution in [0.5, 0.6) is 5.95 Å². The molecule has 0 fully saturated rings. The molecule has 7 heteroatoms. The fraction of sp³-hybridized carbons (Fsp3) is 0.200. The molecule has 1 aromatic heterocycles. The average molecular weight is 235 g/mol. The van der Waals surface area contributed by atoms with E-state index in [1.54, 1.807) is 12.1 Å². The zero-order chi connectivity index (χ0) is 12.3. The molecule has 2 aromatic rings. The Morgan fingerprint density at radius 1 is 1.35 bits per heavy atom. The van der Waals surface area contributed by atoms with E-state index in [4.69, 9.17) is 0 Å². The maximum absolute atomic E-state index is 10.7. The van der Waals surface area contributed by atoms with Crippen LogP contribution >= 0.6 is 0 Å². The number of non-ortho nitro benzene ring substituents is 1. The highest BCUT2D eigenvalue weighted by Gasteiger charge is 2.07. The molecular formula is C10H9N3O4. The Hall–Kier alpha value is -2.44. The number of nitro benzene ring substituents is 1. The van der Waals surface area contributed by atoms with Gasteiger partial charge in [0.1, 0.15) is 5.95 Å². The fourth-order valence-electron chi connectivity index (χ4n) is 1.39. The Morgan fingerprint density at radius 2 is 2.06 bits per heavy atom. The van der Waals surface area contributed by atoms with Crippen molar-refractivity contribution in [1.29, 1.82) is 0 Å². The van der Waals surface area contributed by atoms with Crippen molar-refractivity contribution in [2.75, 3.05) is 0 Å². The summed E-state index contributed by atoms with van der Waals surface area (Å²) in [4.78, 5) is 9.99. The molecule has 1 aromatic carbocycles. The summed E-state index contributed by atoms with van der Waals surface area (Å²) in [6.45, 7) is 0.490. The molecule has 0 saturated heterocycles. The molecule has 88 valence electrons. The maximum atomic E-state index is 10.7. The number of hydrogen-bond acceptors (Lipinski definition) is 5. The first-order valence-corrected chi connectivity index (χ1v) is 4.92. The number of benzene rings is 1. The van der Waals surface area contributed by atoms with Crippen LogP contribution in [0.25, 0.3) is 0 Å². The van der Waals surface area contributed by atoms with Crippen LogP contribution in [0.4, 0.5) is 5.69 Å². The van der Waals surface area contributed by atoms with Crippen molar-refractivity contribution in [1.82, 2.24) is 5.27 Å². The molecule has 1 heterocycles. The lowest BCUT2D eigenvalue weighted by molar-refractivity contribution is -0.762. The van der Waals surface area contributed by atoms with E-state index in [0.29, 0.717) is 13.0 Å². The summed E-state index contributed by atoms with van der Waals surface area (Å²) in [5.41, 5.74) is 0.989. The molecule has 0 aliphatic carbocycles. The molecule has 0 atom stereocenters. The first-order chi connectivity index (χ1) is 8.15. The molecule has 0 aliphatic rings. The molecule has 2 rings (SSSR count). The number of nitro groups is 1. The predicted octanol–water partition coefficient (Wildman–Crippen LogP) is 0.187. The van der Waals surface area contributed by atoms with Gasteiger partial charge in [0, 0.05) is 18.6 Å². The summed E-state index contributed by atoms with van der Waals surface area (Å²) in [5.74, 6) is -0.492. The Morgan fingerprint density at radius 3 is 2.59 bits per heavy atom. The lowest BCUT2D eigenvalue weighted by Crippen LogP contribution is -2.35. The molecule has 0 aliphatic heterocycles. The van der Waals surface area contributed by atoms with Crippen LogP contribution in [-0.4, -0.2) is 10.2 Å². The minimum Gasteiger partial charge on any atom is -0.539 e. The van der Waals surface area contributed by atoms with Crippen LogP contribution in [-0.2, 0) is 13.0 Å². The van der Waals surface area contributed by atoms with Crippen molar-refractivity contribution in [2.45, 2.75) is 13.0 Å². The predicted molar refractivity (Wildman–Crippen MR) is 52.9 cm³/mol. The summed E-state index contributed by atoms with van der Waals surface area (Å²) >= 11 is 0. The summed E-state index contributed by atoms with van der Waals surface area (Å²) in [5, 5.41) is 24.6. The zero-order valence-electron chi connectivity index (χ0n) is 8.78. The number of rotatable bonds is 4. The van der Waals surface area contributed by atoms with Gasteiger partial charge in [-0.15, -0.1) is 0 Å². The maximum Gasteiger partial charge on any atom is 0.269 e. The molecule has 0 radical (unpaired) electrons. The molecule has 0 saturated carbocycles. The van der Waals surface area contributed by atoms with E-state index in [0.717, 1.165) is 5.56 Å².